The molecule has 1 aromatic heterocycles. The lowest BCUT2D eigenvalue weighted by Gasteiger charge is -2.05. The van der Waals surface area contributed by atoms with Crippen molar-refractivity contribution < 1.29 is 9.45 Å². The summed E-state index contributed by atoms with van der Waals surface area (Å²) in [6, 6.07) is 11.1. The molecule has 9 heteroatoms. The van der Waals surface area contributed by atoms with E-state index in [0.717, 1.165) is 0 Å². The largest absolute Gasteiger partial charge is 0.375 e. The number of nitro groups is 1. The zero-order valence-corrected chi connectivity index (χ0v) is 13.6. The van der Waals surface area contributed by atoms with E-state index in [9.17, 15) is 10.1 Å². The molecule has 0 unspecified atom stereocenters. The highest BCUT2D eigenvalue weighted by Gasteiger charge is 2.13. The average molecular weight is 365 g/mol. The third-order valence-corrected chi connectivity index (χ3v) is 3.71. The summed E-state index contributed by atoms with van der Waals surface area (Å²) >= 11 is 12.0. The molecule has 0 bridgehead atoms. The number of halogens is 2. The van der Waals surface area contributed by atoms with Crippen LogP contribution in [0.2, 0.25) is 10.0 Å². The number of rotatable bonds is 5. The second-order valence-corrected chi connectivity index (χ2v) is 5.64. The van der Waals surface area contributed by atoms with Gasteiger partial charge in [-0.25, -0.2) is 0 Å². The van der Waals surface area contributed by atoms with E-state index in [-0.39, 0.29) is 18.1 Å². The molecule has 0 atom stereocenters. The molecule has 2 aromatic carbocycles. The molecular weight excluding hydrogens is 355 g/mol. The Labute approximate surface area is 146 Å². The number of nitrogens with zero attached hydrogens (tertiary/aromatic N) is 3. The van der Waals surface area contributed by atoms with Crippen LogP contribution in [-0.2, 0) is 6.54 Å². The van der Waals surface area contributed by atoms with Gasteiger partial charge in [0.1, 0.15) is 0 Å². The third kappa shape index (κ3) is 3.64. The fourth-order valence-corrected chi connectivity index (χ4v) is 2.36. The minimum absolute atomic E-state index is 0.0392. The van der Waals surface area contributed by atoms with Gasteiger partial charge in [-0.3, -0.25) is 10.1 Å². The zero-order valence-electron chi connectivity index (χ0n) is 12.1. The fourth-order valence-electron chi connectivity index (χ4n) is 2.01. The van der Waals surface area contributed by atoms with E-state index in [1.165, 1.54) is 12.1 Å². The quantitative estimate of drug-likeness (QED) is 0.526. The molecule has 122 valence electrons. The second-order valence-electron chi connectivity index (χ2n) is 4.80. The van der Waals surface area contributed by atoms with Gasteiger partial charge in [0.25, 0.3) is 5.69 Å². The van der Waals surface area contributed by atoms with Crippen LogP contribution in [0.1, 0.15) is 5.89 Å². The molecule has 0 spiro atoms. The van der Waals surface area contributed by atoms with Gasteiger partial charge in [0.05, 0.1) is 22.2 Å². The minimum atomic E-state index is -0.479. The van der Waals surface area contributed by atoms with Gasteiger partial charge in [-0.2, -0.15) is 4.98 Å². The summed E-state index contributed by atoms with van der Waals surface area (Å²) in [4.78, 5) is 14.5. The molecular formula is C15H10Cl2N4O3. The minimum Gasteiger partial charge on any atom is -0.375 e. The highest BCUT2D eigenvalue weighted by atomic mass is 35.5. The van der Waals surface area contributed by atoms with Gasteiger partial charge in [0, 0.05) is 22.7 Å². The predicted molar refractivity (Wildman–Crippen MR) is 90.2 cm³/mol. The van der Waals surface area contributed by atoms with Crippen molar-refractivity contribution in [2.75, 3.05) is 5.32 Å². The molecule has 0 aliphatic rings. The van der Waals surface area contributed by atoms with Crippen LogP contribution in [-0.4, -0.2) is 15.1 Å². The molecule has 0 saturated heterocycles. The normalized spacial score (nSPS) is 10.6. The van der Waals surface area contributed by atoms with Gasteiger partial charge in [0.15, 0.2) is 0 Å². The number of aromatic nitrogens is 2. The fraction of sp³-hybridized carbons (Fsp3) is 0.0667. The van der Waals surface area contributed by atoms with Crippen molar-refractivity contribution in [2.24, 2.45) is 0 Å². The zero-order chi connectivity index (χ0) is 17.1. The number of benzene rings is 2. The number of nitro benzene ring substituents is 1. The van der Waals surface area contributed by atoms with Gasteiger partial charge in [-0.1, -0.05) is 40.5 Å². The molecule has 1 heterocycles. The SMILES string of the molecule is O=[N+]([O-])c1cccc(-c2noc(CNc3cc(Cl)ccc3Cl)n2)c1. The van der Waals surface area contributed by atoms with E-state index in [2.05, 4.69) is 15.5 Å². The van der Waals surface area contributed by atoms with E-state index in [1.807, 2.05) is 0 Å². The van der Waals surface area contributed by atoms with Crippen molar-refractivity contribution in [1.29, 1.82) is 0 Å². The van der Waals surface area contributed by atoms with E-state index in [1.54, 1.807) is 30.3 Å². The van der Waals surface area contributed by atoms with Crippen molar-refractivity contribution in [1.82, 2.24) is 10.1 Å². The van der Waals surface area contributed by atoms with Gasteiger partial charge >= 0.3 is 0 Å². The smallest absolute Gasteiger partial charge is 0.270 e. The molecule has 3 rings (SSSR count). The molecule has 0 amide bonds. The van der Waals surface area contributed by atoms with Crippen molar-refractivity contribution in [3.8, 4) is 11.4 Å². The second kappa shape index (κ2) is 6.86. The molecule has 0 fully saturated rings. The summed E-state index contributed by atoms with van der Waals surface area (Å²) in [5.41, 5.74) is 1.10. The van der Waals surface area contributed by atoms with Crippen molar-refractivity contribution in [3.05, 3.63) is 68.5 Å². The Morgan fingerprint density at radius 3 is 2.83 bits per heavy atom. The monoisotopic (exact) mass is 364 g/mol. The molecule has 24 heavy (non-hydrogen) atoms. The van der Waals surface area contributed by atoms with E-state index in [0.29, 0.717) is 27.2 Å². The van der Waals surface area contributed by atoms with Crippen molar-refractivity contribution in [2.45, 2.75) is 6.54 Å². The first-order valence-corrected chi connectivity index (χ1v) is 7.55. The number of nitrogens with one attached hydrogen (secondary N) is 1. The van der Waals surface area contributed by atoms with Crippen LogP contribution in [0.4, 0.5) is 11.4 Å². The first-order chi connectivity index (χ1) is 11.5. The molecule has 1 N–H and O–H groups in total. The van der Waals surface area contributed by atoms with Gasteiger partial charge in [-0.15, -0.1) is 0 Å². The maximum atomic E-state index is 10.8. The lowest BCUT2D eigenvalue weighted by atomic mass is 10.2. The topological polar surface area (TPSA) is 94.1 Å². The van der Waals surface area contributed by atoms with Crippen LogP contribution in [0.3, 0.4) is 0 Å². The Kier molecular flexibility index (Phi) is 4.64. The molecule has 0 aliphatic carbocycles. The van der Waals surface area contributed by atoms with Gasteiger partial charge in [0.2, 0.25) is 11.7 Å². The third-order valence-electron chi connectivity index (χ3n) is 3.14. The van der Waals surface area contributed by atoms with Crippen LogP contribution < -0.4 is 5.32 Å². The Morgan fingerprint density at radius 1 is 1.21 bits per heavy atom. The molecule has 0 radical (unpaired) electrons. The lowest BCUT2D eigenvalue weighted by molar-refractivity contribution is -0.384. The molecule has 7 nitrogen and oxygen atoms in total. The van der Waals surface area contributed by atoms with E-state index >= 15 is 0 Å². The number of hydrogen-bond donors (Lipinski definition) is 1. The maximum Gasteiger partial charge on any atom is 0.270 e. The molecule has 0 saturated carbocycles. The Bertz CT molecular complexity index is 898. The van der Waals surface area contributed by atoms with Gasteiger partial charge in [-0.05, 0) is 18.2 Å². The Morgan fingerprint density at radius 2 is 2.04 bits per heavy atom. The Hall–Kier alpha value is -2.64. The highest BCUT2D eigenvalue weighted by molar-refractivity contribution is 6.35. The summed E-state index contributed by atoms with van der Waals surface area (Å²) < 4.78 is 5.14. The number of hydrogen-bond acceptors (Lipinski definition) is 6. The maximum absolute atomic E-state index is 10.8. The summed E-state index contributed by atoms with van der Waals surface area (Å²) in [5, 5.41) is 18.7. The van der Waals surface area contributed by atoms with Gasteiger partial charge < -0.3 is 9.84 Å². The van der Waals surface area contributed by atoms with Crippen LogP contribution in [0, 0.1) is 10.1 Å². The summed E-state index contributed by atoms with van der Waals surface area (Å²) in [7, 11) is 0. The van der Waals surface area contributed by atoms with Crippen LogP contribution >= 0.6 is 23.2 Å². The van der Waals surface area contributed by atoms with Crippen LogP contribution in [0.25, 0.3) is 11.4 Å². The predicted octanol–water partition coefficient (Wildman–Crippen LogP) is 4.56. The Balaban J connectivity index is 1.75. The molecule has 0 aliphatic heterocycles. The standard InChI is InChI=1S/C15H10Cl2N4O3/c16-10-4-5-12(17)13(7-10)18-8-14-19-15(20-24-14)9-2-1-3-11(6-9)21(22)23/h1-7,18H,8H2. The molecule has 3 aromatic rings. The number of anilines is 1. The highest BCUT2D eigenvalue weighted by Crippen LogP contribution is 2.26. The lowest BCUT2D eigenvalue weighted by Crippen LogP contribution is -2.00. The van der Waals surface area contributed by atoms with E-state index < -0.39 is 4.92 Å². The number of non-ortho nitro benzene ring substituents is 1. The first-order valence-electron chi connectivity index (χ1n) is 6.79. The first kappa shape index (κ1) is 16.2. The van der Waals surface area contributed by atoms with Crippen LogP contribution in [0.5, 0.6) is 0 Å². The van der Waals surface area contributed by atoms with Crippen LogP contribution in [0.15, 0.2) is 47.0 Å². The van der Waals surface area contributed by atoms with Crippen molar-refractivity contribution in [3.63, 3.8) is 0 Å². The summed E-state index contributed by atoms with van der Waals surface area (Å²) in [6.07, 6.45) is 0. The summed E-state index contributed by atoms with van der Waals surface area (Å²) in [5.74, 6) is 0.584. The summed E-state index contributed by atoms with van der Waals surface area (Å²) in [6.45, 7) is 0.238. The van der Waals surface area contributed by atoms with Crippen molar-refractivity contribution >= 4 is 34.6 Å². The average Bonchev–Trinajstić information content (AvgIpc) is 3.05. The van der Waals surface area contributed by atoms with E-state index in [4.69, 9.17) is 27.7 Å².